The minimum atomic E-state index is -0.483. The molecule has 2 atom stereocenters. The van der Waals surface area contributed by atoms with Crippen LogP contribution in [0.15, 0.2) is 18.2 Å². The summed E-state index contributed by atoms with van der Waals surface area (Å²) in [5.41, 5.74) is 1.20. The number of amides is 1. The van der Waals surface area contributed by atoms with Crippen molar-refractivity contribution < 1.29 is 14.8 Å². The van der Waals surface area contributed by atoms with E-state index in [0.717, 1.165) is 18.5 Å². The molecule has 2 N–H and O–H groups in total. The average molecular weight is 307 g/mol. The Balaban J connectivity index is 1.95. The third kappa shape index (κ3) is 4.02. The SMILES string of the molecule is Cc1ccc([N+](=O)[O-])cc1NC(=O)CN1CCC(C(C)O)C1. The molecule has 1 saturated heterocycles. The molecule has 0 aliphatic carbocycles. The Labute approximate surface area is 129 Å². The first-order valence-corrected chi connectivity index (χ1v) is 7.32. The summed E-state index contributed by atoms with van der Waals surface area (Å²) in [6, 6.07) is 4.40. The van der Waals surface area contributed by atoms with Crippen LogP contribution >= 0.6 is 0 Å². The molecule has 1 aliphatic heterocycles. The van der Waals surface area contributed by atoms with Crippen LogP contribution in [0.2, 0.25) is 0 Å². The molecule has 1 aromatic rings. The van der Waals surface area contributed by atoms with Crippen LogP contribution in [0.3, 0.4) is 0 Å². The third-order valence-corrected chi connectivity index (χ3v) is 4.06. The summed E-state index contributed by atoms with van der Waals surface area (Å²) < 4.78 is 0. The fourth-order valence-corrected chi connectivity index (χ4v) is 2.65. The molecule has 2 unspecified atom stereocenters. The number of rotatable bonds is 5. The van der Waals surface area contributed by atoms with E-state index >= 15 is 0 Å². The maximum Gasteiger partial charge on any atom is 0.271 e. The molecule has 7 nitrogen and oxygen atoms in total. The summed E-state index contributed by atoms with van der Waals surface area (Å²) in [5, 5.41) is 23.1. The van der Waals surface area contributed by atoms with E-state index in [1.165, 1.54) is 12.1 Å². The summed E-state index contributed by atoms with van der Waals surface area (Å²) in [6.07, 6.45) is 0.507. The molecule has 0 spiro atoms. The fraction of sp³-hybridized carbons (Fsp3) is 0.533. The zero-order valence-electron chi connectivity index (χ0n) is 12.8. The average Bonchev–Trinajstić information content (AvgIpc) is 2.89. The van der Waals surface area contributed by atoms with Crippen LogP contribution in [0, 0.1) is 23.0 Å². The van der Waals surface area contributed by atoms with E-state index in [1.54, 1.807) is 19.9 Å². The number of nitrogens with zero attached hydrogens (tertiary/aromatic N) is 2. The number of benzene rings is 1. The van der Waals surface area contributed by atoms with E-state index in [4.69, 9.17) is 0 Å². The quantitative estimate of drug-likeness (QED) is 0.635. The van der Waals surface area contributed by atoms with Gasteiger partial charge in [0.15, 0.2) is 0 Å². The van der Waals surface area contributed by atoms with Gasteiger partial charge < -0.3 is 10.4 Å². The second-order valence-corrected chi connectivity index (χ2v) is 5.83. The lowest BCUT2D eigenvalue weighted by atomic mass is 10.0. The lowest BCUT2D eigenvalue weighted by Crippen LogP contribution is -2.32. The molecular formula is C15H21N3O4. The minimum absolute atomic E-state index is 0.0451. The van der Waals surface area contributed by atoms with Crippen molar-refractivity contribution >= 4 is 17.3 Å². The van der Waals surface area contributed by atoms with E-state index in [-0.39, 0.29) is 30.2 Å². The number of carbonyl (C=O) groups is 1. The van der Waals surface area contributed by atoms with Crippen molar-refractivity contribution in [2.75, 3.05) is 25.0 Å². The van der Waals surface area contributed by atoms with Crippen LogP contribution in [-0.2, 0) is 4.79 Å². The number of aryl methyl sites for hydroxylation is 1. The summed E-state index contributed by atoms with van der Waals surface area (Å²) in [5.74, 6) is 0.00203. The molecular weight excluding hydrogens is 286 g/mol. The van der Waals surface area contributed by atoms with Gasteiger partial charge in [0.1, 0.15) is 0 Å². The van der Waals surface area contributed by atoms with Crippen LogP contribution in [0.25, 0.3) is 0 Å². The zero-order chi connectivity index (χ0) is 16.3. The standard InChI is InChI=1S/C15H21N3O4/c1-10-3-4-13(18(21)22)7-14(10)16-15(20)9-17-6-5-12(8-17)11(2)19/h3-4,7,11-12,19H,5-6,8-9H2,1-2H3,(H,16,20). The molecule has 7 heteroatoms. The highest BCUT2D eigenvalue weighted by Gasteiger charge is 2.27. The Morgan fingerprint density at radius 3 is 2.91 bits per heavy atom. The van der Waals surface area contributed by atoms with Crippen molar-refractivity contribution in [1.29, 1.82) is 0 Å². The van der Waals surface area contributed by atoms with Gasteiger partial charge >= 0.3 is 0 Å². The summed E-state index contributed by atoms with van der Waals surface area (Å²) in [6.45, 7) is 5.25. The largest absolute Gasteiger partial charge is 0.393 e. The molecule has 22 heavy (non-hydrogen) atoms. The molecule has 1 heterocycles. The van der Waals surface area contributed by atoms with E-state index in [0.29, 0.717) is 12.2 Å². The number of nitro benzene ring substituents is 1. The molecule has 1 amide bonds. The fourth-order valence-electron chi connectivity index (χ4n) is 2.65. The first-order chi connectivity index (χ1) is 10.4. The summed E-state index contributed by atoms with van der Waals surface area (Å²) in [7, 11) is 0. The molecule has 120 valence electrons. The molecule has 0 radical (unpaired) electrons. The number of aliphatic hydroxyl groups is 1. The van der Waals surface area contributed by atoms with E-state index in [2.05, 4.69) is 5.32 Å². The van der Waals surface area contributed by atoms with Crippen LogP contribution in [-0.4, -0.2) is 46.6 Å². The second kappa shape index (κ2) is 6.85. The highest BCUT2D eigenvalue weighted by molar-refractivity contribution is 5.93. The van der Waals surface area contributed by atoms with Gasteiger partial charge in [-0.15, -0.1) is 0 Å². The molecule has 1 fully saturated rings. The van der Waals surface area contributed by atoms with Crippen LogP contribution in [0.4, 0.5) is 11.4 Å². The number of non-ortho nitro benzene ring substituents is 1. The van der Waals surface area contributed by atoms with Crippen LogP contribution < -0.4 is 5.32 Å². The van der Waals surface area contributed by atoms with E-state index in [9.17, 15) is 20.0 Å². The van der Waals surface area contributed by atoms with Gasteiger partial charge in [-0.3, -0.25) is 19.8 Å². The van der Waals surface area contributed by atoms with Crippen LogP contribution in [0.5, 0.6) is 0 Å². The van der Waals surface area contributed by atoms with Gasteiger partial charge in [0.2, 0.25) is 5.91 Å². The lowest BCUT2D eigenvalue weighted by molar-refractivity contribution is -0.384. The lowest BCUT2D eigenvalue weighted by Gasteiger charge is -2.17. The number of carbonyl (C=O) groups excluding carboxylic acids is 1. The number of hydrogen-bond donors (Lipinski definition) is 2. The van der Waals surface area contributed by atoms with Crippen molar-refractivity contribution in [3.05, 3.63) is 33.9 Å². The van der Waals surface area contributed by atoms with Gasteiger partial charge in [0.25, 0.3) is 5.69 Å². The number of likely N-dealkylation sites (tertiary alicyclic amines) is 1. The van der Waals surface area contributed by atoms with Crippen molar-refractivity contribution in [2.45, 2.75) is 26.4 Å². The van der Waals surface area contributed by atoms with Gasteiger partial charge in [0, 0.05) is 18.7 Å². The molecule has 0 aromatic heterocycles. The van der Waals surface area contributed by atoms with Crippen molar-refractivity contribution in [2.24, 2.45) is 5.92 Å². The van der Waals surface area contributed by atoms with E-state index in [1.807, 2.05) is 4.90 Å². The van der Waals surface area contributed by atoms with Gasteiger partial charge in [-0.1, -0.05) is 6.07 Å². The number of nitro groups is 1. The Kier molecular flexibility index (Phi) is 5.10. The Morgan fingerprint density at radius 2 is 2.32 bits per heavy atom. The molecule has 0 saturated carbocycles. The van der Waals surface area contributed by atoms with Gasteiger partial charge in [0.05, 0.1) is 23.3 Å². The Hall–Kier alpha value is -1.99. The molecule has 1 aromatic carbocycles. The number of aliphatic hydroxyl groups excluding tert-OH is 1. The smallest absolute Gasteiger partial charge is 0.271 e. The van der Waals surface area contributed by atoms with Crippen molar-refractivity contribution in [1.82, 2.24) is 4.90 Å². The number of hydrogen-bond acceptors (Lipinski definition) is 5. The number of nitrogens with one attached hydrogen (secondary N) is 1. The summed E-state index contributed by atoms with van der Waals surface area (Å²) >= 11 is 0. The van der Waals surface area contributed by atoms with Crippen LogP contribution in [0.1, 0.15) is 18.9 Å². The highest BCUT2D eigenvalue weighted by Crippen LogP contribution is 2.22. The highest BCUT2D eigenvalue weighted by atomic mass is 16.6. The van der Waals surface area contributed by atoms with Crippen molar-refractivity contribution in [3.63, 3.8) is 0 Å². The number of anilines is 1. The second-order valence-electron chi connectivity index (χ2n) is 5.83. The molecule has 0 bridgehead atoms. The molecule has 1 aliphatic rings. The Morgan fingerprint density at radius 1 is 1.59 bits per heavy atom. The third-order valence-electron chi connectivity index (χ3n) is 4.06. The first-order valence-electron chi connectivity index (χ1n) is 7.32. The maximum absolute atomic E-state index is 12.1. The first kappa shape index (κ1) is 16.4. The van der Waals surface area contributed by atoms with Gasteiger partial charge in [-0.2, -0.15) is 0 Å². The summed E-state index contributed by atoms with van der Waals surface area (Å²) in [4.78, 5) is 24.4. The normalized spacial score (nSPS) is 19.9. The predicted octanol–water partition coefficient (Wildman–Crippen LogP) is 1.54. The minimum Gasteiger partial charge on any atom is -0.393 e. The molecule has 2 rings (SSSR count). The van der Waals surface area contributed by atoms with Gasteiger partial charge in [-0.25, -0.2) is 0 Å². The maximum atomic E-state index is 12.1. The predicted molar refractivity (Wildman–Crippen MR) is 82.7 cm³/mol. The topological polar surface area (TPSA) is 95.7 Å². The van der Waals surface area contributed by atoms with Crippen molar-refractivity contribution in [3.8, 4) is 0 Å². The Bertz CT molecular complexity index is 574. The monoisotopic (exact) mass is 307 g/mol. The van der Waals surface area contributed by atoms with Gasteiger partial charge in [-0.05, 0) is 38.3 Å². The van der Waals surface area contributed by atoms with E-state index < -0.39 is 4.92 Å². The zero-order valence-corrected chi connectivity index (χ0v) is 12.8.